The molecule has 0 aliphatic rings. The van der Waals surface area contributed by atoms with E-state index in [1.807, 2.05) is 13.8 Å². The first kappa shape index (κ1) is 12.5. The average molecular weight is 215 g/mol. The van der Waals surface area contributed by atoms with E-state index in [-0.39, 0.29) is 11.1 Å². The minimum atomic E-state index is -0.239. The van der Waals surface area contributed by atoms with Crippen molar-refractivity contribution < 1.29 is 9.47 Å². The van der Waals surface area contributed by atoms with Crippen molar-refractivity contribution in [3.8, 4) is 0 Å². The van der Waals surface area contributed by atoms with Crippen LogP contribution >= 0.6 is 23.2 Å². The molecule has 0 saturated carbocycles. The lowest BCUT2D eigenvalue weighted by molar-refractivity contribution is 0.0802. The molecule has 0 aromatic rings. The summed E-state index contributed by atoms with van der Waals surface area (Å²) in [6, 6.07) is 0. The number of ether oxygens (including phenoxy) is 2. The highest BCUT2D eigenvalue weighted by Crippen LogP contribution is 2.13. The van der Waals surface area contributed by atoms with Crippen LogP contribution in [0.4, 0.5) is 0 Å². The highest BCUT2D eigenvalue weighted by atomic mass is 35.5. The number of hydrogen-bond donors (Lipinski definition) is 0. The average Bonchev–Trinajstić information content (AvgIpc) is 2.02. The van der Waals surface area contributed by atoms with Crippen molar-refractivity contribution in [3.05, 3.63) is 0 Å². The number of rotatable bonds is 7. The second kappa shape index (κ2) is 8.11. The van der Waals surface area contributed by atoms with Crippen LogP contribution in [0.1, 0.15) is 26.7 Å². The standard InChI is InChI=1S/C8H16Cl2O2/c1-3-11-7(9)5-6-8(10)12-4-2/h7-8H,3-6H2,1-2H3. The Morgan fingerprint density at radius 2 is 1.25 bits per heavy atom. The molecule has 2 unspecified atom stereocenters. The second-order valence-corrected chi connectivity index (χ2v) is 3.28. The van der Waals surface area contributed by atoms with E-state index in [9.17, 15) is 0 Å². The van der Waals surface area contributed by atoms with E-state index >= 15 is 0 Å². The number of alkyl halides is 2. The van der Waals surface area contributed by atoms with E-state index < -0.39 is 0 Å². The summed E-state index contributed by atoms with van der Waals surface area (Å²) in [5.74, 6) is 0. The van der Waals surface area contributed by atoms with Crippen LogP contribution in [0.15, 0.2) is 0 Å². The van der Waals surface area contributed by atoms with Crippen molar-refractivity contribution in [1.29, 1.82) is 0 Å². The van der Waals surface area contributed by atoms with Crippen LogP contribution in [0.25, 0.3) is 0 Å². The van der Waals surface area contributed by atoms with E-state index in [1.165, 1.54) is 0 Å². The Labute approximate surface area is 84.1 Å². The summed E-state index contributed by atoms with van der Waals surface area (Å²) in [5.41, 5.74) is -0.478. The SMILES string of the molecule is CCOC(Cl)CCC(Cl)OCC. The number of halogens is 2. The lowest BCUT2D eigenvalue weighted by atomic mass is 10.3. The molecular formula is C8H16Cl2O2. The van der Waals surface area contributed by atoms with Crippen LogP contribution in [-0.4, -0.2) is 24.3 Å². The van der Waals surface area contributed by atoms with Gasteiger partial charge >= 0.3 is 0 Å². The Balaban J connectivity index is 3.27. The molecule has 12 heavy (non-hydrogen) atoms. The van der Waals surface area contributed by atoms with Gasteiger partial charge in [-0.2, -0.15) is 0 Å². The molecule has 0 heterocycles. The van der Waals surface area contributed by atoms with Crippen molar-refractivity contribution in [3.63, 3.8) is 0 Å². The van der Waals surface area contributed by atoms with Crippen molar-refractivity contribution in [1.82, 2.24) is 0 Å². The zero-order valence-corrected chi connectivity index (χ0v) is 9.07. The van der Waals surface area contributed by atoms with E-state index in [0.717, 1.165) is 12.8 Å². The zero-order chi connectivity index (χ0) is 9.40. The highest BCUT2D eigenvalue weighted by Gasteiger charge is 2.08. The second-order valence-electron chi connectivity index (χ2n) is 2.31. The van der Waals surface area contributed by atoms with Crippen LogP contribution in [0.5, 0.6) is 0 Å². The van der Waals surface area contributed by atoms with Gasteiger partial charge in [-0.1, -0.05) is 23.2 Å². The molecule has 4 heteroatoms. The van der Waals surface area contributed by atoms with E-state index in [0.29, 0.717) is 13.2 Å². The minimum Gasteiger partial charge on any atom is -0.363 e. The van der Waals surface area contributed by atoms with Gasteiger partial charge in [0.05, 0.1) is 0 Å². The maximum Gasteiger partial charge on any atom is 0.131 e. The Kier molecular flexibility index (Phi) is 8.45. The molecule has 0 N–H and O–H groups in total. The summed E-state index contributed by atoms with van der Waals surface area (Å²) in [6.07, 6.45) is 1.45. The third-order valence-electron chi connectivity index (χ3n) is 1.32. The van der Waals surface area contributed by atoms with Gasteiger partial charge in [-0.15, -0.1) is 0 Å². The van der Waals surface area contributed by atoms with Crippen LogP contribution in [0, 0.1) is 0 Å². The highest BCUT2D eigenvalue weighted by molar-refractivity contribution is 6.20. The van der Waals surface area contributed by atoms with Crippen LogP contribution < -0.4 is 0 Å². The van der Waals surface area contributed by atoms with Gasteiger partial charge in [0.25, 0.3) is 0 Å². The van der Waals surface area contributed by atoms with Crippen molar-refractivity contribution in [2.24, 2.45) is 0 Å². The maximum absolute atomic E-state index is 5.79. The molecule has 0 saturated heterocycles. The minimum absolute atomic E-state index is 0.239. The largest absolute Gasteiger partial charge is 0.363 e. The predicted octanol–water partition coefficient (Wildman–Crippen LogP) is 2.97. The third kappa shape index (κ3) is 7.17. The lowest BCUT2D eigenvalue weighted by Crippen LogP contribution is -2.10. The van der Waals surface area contributed by atoms with Crippen molar-refractivity contribution in [2.75, 3.05) is 13.2 Å². The Hall–Kier alpha value is 0.500. The Morgan fingerprint density at radius 1 is 0.917 bits per heavy atom. The molecule has 0 amide bonds. The summed E-state index contributed by atoms with van der Waals surface area (Å²) >= 11 is 11.6. The smallest absolute Gasteiger partial charge is 0.131 e. The van der Waals surface area contributed by atoms with Gasteiger partial charge < -0.3 is 9.47 Å². The molecule has 74 valence electrons. The topological polar surface area (TPSA) is 18.5 Å². The van der Waals surface area contributed by atoms with Gasteiger partial charge in [0.2, 0.25) is 0 Å². The summed E-state index contributed by atoms with van der Waals surface area (Å²) in [5, 5.41) is 0. The molecule has 0 rings (SSSR count). The normalized spacial score (nSPS) is 16.0. The van der Waals surface area contributed by atoms with Gasteiger partial charge in [0.1, 0.15) is 11.1 Å². The predicted molar refractivity (Wildman–Crippen MR) is 51.8 cm³/mol. The molecule has 0 spiro atoms. The molecule has 2 nitrogen and oxygen atoms in total. The van der Waals surface area contributed by atoms with Crippen molar-refractivity contribution in [2.45, 2.75) is 37.8 Å². The third-order valence-corrected chi connectivity index (χ3v) is 2.00. The summed E-state index contributed by atoms with van der Waals surface area (Å²) in [7, 11) is 0. The van der Waals surface area contributed by atoms with Gasteiger partial charge in [0.15, 0.2) is 0 Å². The molecule has 2 atom stereocenters. The van der Waals surface area contributed by atoms with Crippen LogP contribution in [0.3, 0.4) is 0 Å². The fraction of sp³-hybridized carbons (Fsp3) is 1.00. The first-order chi connectivity index (χ1) is 5.70. The Bertz CT molecular complexity index is 89.1. The monoisotopic (exact) mass is 214 g/mol. The molecule has 0 aromatic heterocycles. The Morgan fingerprint density at radius 3 is 1.50 bits per heavy atom. The molecular weight excluding hydrogens is 199 g/mol. The fourth-order valence-corrected chi connectivity index (χ4v) is 1.29. The summed E-state index contributed by atoms with van der Waals surface area (Å²) in [4.78, 5) is 0. The van der Waals surface area contributed by atoms with Crippen molar-refractivity contribution >= 4 is 23.2 Å². The lowest BCUT2D eigenvalue weighted by Gasteiger charge is -2.12. The van der Waals surface area contributed by atoms with Crippen LogP contribution in [-0.2, 0) is 9.47 Å². The molecule has 0 bridgehead atoms. The van der Waals surface area contributed by atoms with Gasteiger partial charge in [0, 0.05) is 13.2 Å². The molecule has 0 radical (unpaired) electrons. The fourth-order valence-electron chi connectivity index (χ4n) is 0.790. The van der Waals surface area contributed by atoms with Gasteiger partial charge in [-0.05, 0) is 26.7 Å². The summed E-state index contributed by atoms with van der Waals surface area (Å²) < 4.78 is 10.2. The zero-order valence-electron chi connectivity index (χ0n) is 7.56. The first-order valence-corrected chi connectivity index (χ1v) is 5.09. The van der Waals surface area contributed by atoms with Crippen LogP contribution in [0.2, 0.25) is 0 Å². The molecule has 0 aliphatic carbocycles. The molecule has 0 fully saturated rings. The molecule has 0 aliphatic heterocycles. The summed E-state index contributed by atoms with van der Waals surface area (Å²) in [6.45, 7) is 5.09. The number of hydrogen-bond acceptors (Lipinski definition) is 2. The van der Waals surface area contributed by atoms with E-state index in [2.05, 4.69) is 0 Å². The van der Waals surface area contributed by atoms with E-state index in [4.69, 9.17) is 32.7 Å². The quantitative estimate of drug-likeness (QED) is 0.608. The van der Waals surface area contributed by atoms with Gasteiger partial charge in [-0.3, -0.25) is 0 Å². The maximum atomic E-state index is 5.79. The van der Waals surface area contributed by atoms with E-state index in [1.54, 1.807) is 0 Å². The first-order valence-electron chi connectivity index (χ1n) is 4.22. The molecule has 0 aromatic carbocycles. The van der Waals surface area contributed by atoms with Gasteiger partial charge in [-0.25, -0.2) is 0 Å².